The minimum absolute atomic E-state index is 0.199. The number of furan rings is 1. The Morgan fingerprint density at radius 1 is 1.33 bits per heavy atom. The number of hydrogen-bond acceptors (Lipinski definition) is 4. The van der Waals surface area contributed by atoms with Crippen LogP contribution in [0, 0.1) is 0 Å². The average Bonchev–Trinajstić information content (AvgIpc) is 3.18. The molecule has 108 valence electrons. The van der Waals surface area contributed by atoms with Crippen LogP contribution in [0.3, 0.4) is 0 Å². The molecule has 5 rings (SSSR count). The molecule has 21 heavy (non-hydrogen) atoms. The molecule has 0 saturated carbocycles. The van der Waals surface area contributed by atoms with Gasteiger partial charge in [-0.3, -0.25) is 4.90 Å². The summed E-state index contributed by atoms with van der Waals surface area (Å²) in [6.07, 6.45) is 10.1. The van der Waals surface area contributed by atoms with Crippen LogP contribution in [0.25, 0.3) is 5.57 Å². The van der Waals surface area contributed by atoms with E-state index in [4.69, 9.17) is 9.15 Å². The highest BCUT2D eigenvalue weighted by Gasteiger charge is 2.62. The van der Waals surface area contributed by atoms with E-state index in [2.05, 4.69) is 11.0 Å². The number of fused-ring (bicyclic) bond motifs is 3. The van der Waals surface area contributed by atoms with E-state index in [1.54, 1.807) is 12.3 Å². The molecule has 0 aromatic carbocycles. The number of nitrogens with zero attached hydrogens (tertiary/aromatic N) is 1. The van der Waals surface area contributed by atoms with E-state index in [9.17, 15) is 4.79 Å². The molecule has 0 unspecified atom stereocenters. The number of esters is 1. The van der Waals surface area contributed by atoms with Crippen LogP contribution in [0.5, 0.6) is 0 Å². The number of hydrogen-bond donors (Lipinski definition) is 0. The lowest BCUT2D eigenvalue weighted by molar-refractivity contribution is -0.148. The lowest BCUT2D eigenvalue weighted by Crippen LogP contribution is -2.48. The third kappa shape index (κ3) is 1.41. The number of carbonyl (C=O) groups is 1. The Morgan fingerprint density at radius 2 is 2.29 bits per heavy atom. The van der Waals surface area contributed by atoms with E-state index in [0.717, 1.165) is 36.3 Å². The Balaban J connectivity index is 1.70. The highest BCUT2D eigenvalue weighted by Crippen LogP contribution is 2.55. The molecule has 2 saturated heterocycles. The smallest absolute Gasteiger partial charge is 0.332 e. The first kappa shape index (κ1) is 11.8. The van der Waals surface area contributed by atoms with Crippen molar-refractivity contribution < 1.29 is 13.9 Å². The van der Waals surface area contributed by atoms with Crippen molar-refractivity contribution in [1.29, 1.82) is 0 Å². The van der Waals surface area contributed by atoms with E-state index in [1.165, 1.54) is 12.8 Å². The first-order chi connectivity index (χ1) is 10.3. The van der Waals surface area contributed by atoms with Crippen molar-refractivity contribution in [3.8, 4) is 0 Å². The zero-order valence-electron chi connectivity index (χ0n) is 11.7. The standard InChI is InChI=1S/C17H17NO3/c19-16-9-13-12(14-4-3-7-20-14)8-11-10-17(13,21-16)15-5-1-2-6-18(11)15/h3-4,7-9,11,15H,1-2,5-6,10H2/t11-,15-,17+/m1/s1. The maximum Gasteiger partial charge on any atom is 0.332 e. The van der Waals surface area contributed by atoms with Crippen LogP contribution in [0.15, 0.2) is 40.5 Å². The molecule has 0 N–H and O–H groups in total. The van der Waals surface area contributed by atoms with Crippen LogP contribution in [-0.2, 0) is 9.53 Å². The van der Waals surface area contributed by atoms with Crippen molar-refractivity contribution in [3.05, 3.63) is 41.9 Å². The summed E-state index contributed by atoms with van der Waals surface area (Å²) < 4.78 is 11.5. The molecular weight excluding hydrogens is 266 g/mol. The summed E-state index contributed by atoms with van der Waals surface area (Å²) in [5.41, 5.74) is 1.66. The zero-order chi connectivity index (χ0) is 14.0. The molecule has 0 amide bonds. The topological polar surface area (TPSA) is 42.7 Å². The highest BCUT2D eigenvalue weighted by molar-refractivity contribution is 5.96. The van der Waals surface area contributed by atoms with Gasteiger partial charge in [0.2, 0.25) is 0 Å². The minimum Gasteiger partial charge on any atom is -0.464 e. The van der Waals surface area contributed by atoms with Crippen LogP contribution in [-0.4, -0.2) is 35.1 Å². The number of piperidine rings is 1. The van der Waals surface area contributed by atoms with E-state index < -0.39 is 5.60 Å². The second-order valence-electron chi connectivity index (χ2n) is 6.45. The van der Waals surface area contributed by atoms with Crippen molar-refractivity contribution >= 4 is 11.5 Å². The molecule has 3 atom stereocenters. The van der Waals surface area contributed by atoms with Gasteiger partial charge < -0.3 is 9.15 Å². The fourth-order valence-corrected chi connectivity index (χ4v) is 4.71. The molecule has 2 fully saturated rings. The summed E-state index contributed by atoms with van der Waals surface area (Å²) in [6, 6.07) is 4.55. The maximum atomic E-state index is 12.0. The van der Waals surface area contributed by atoms with Gasteiger partial charge >= 0.3 is 5.97 Å². The highest BCUT2D eigenvalue weighted by atomic mass is 16.6. The monoisotopic (exact) mass is 283 g/mol. The summed E-state index contributed by atoms with van der Waals surface area (Å²) in [7, 11) is 0. The quantitative estimate of drug-likeness (QED) is 0.743. The van der Waals surface area contributed by atoms with Crippen molar-refractivity contribution in [1.82, 2.24) is 4.90 Å². The summed E-state index contributed by atoms with van der Waals surface area (Å²) in [6.45, 7) is 1.10. The average molecular weight is 283 g/mol. The van der Waals surface area contributed by atoms with Crippen LogP contribution in [0.2, 0.25) is 0 Å². The number of carbonyl (C=O) groups excluding carboxylic acids is 1. The van der Waals surface area contributed by atoms with Crippen LogP contribution >= 0.6 is 0 Å². The molecule has 0 radical (unpaired) electrons. The third-order valence-electron chi connectivity index (χ3n) is 5.46. The molecule has 3 aliphatic heterocycles. The normalized spacial score (nSPS) is 37.6. The zero-order valence-corrected chi connectivity index (χ0v) is 11.7. The molecule has 4 heterocycles. The van der Waals surface area contributed by atoms with Crippen molar-refractivity contribution in [2.75, 3.05) is 6.54 Å². The van der Waals surface area contributed by atoms with Crippen molar-refractivity contribution in [2.24, 2.45) is 0 Å². The van der Waals surface area contributed by atoms with Gasteiger partial charge in [0.1, 0.15) is 5.76 Å². The van der Waals surface area contributed by atoms with Crippen LogP contribution in [0.1, 0.15) is 31.4 Å². The van der Waals surface area contributed by atoms with Gasteiger partial charge in [-0.25, -0.2) is 4.79 Å². The van der Waals surface area contributed by atoms with Gasteiger partial charge in [-0.2, -0.15) is 0 Å². The second-order valence-corrected chi connectivity index (χ2v) is 6.45. The summed E-state index contributed by atoms with van der Waals surface area (Å²) in [5.74, 6) is 0.643. The molecule has 1 aromatic heterocycles. The van der Waals surface area contributed by atoms with E-state index in [1.807, 2.05) is 12.1 Å². The lowest BCUT2D eigenvalue weighted by Gasteiger charge is -2.38. The molecule has 4 nitrogen and oxygen atoms in total. The molecule has 4 aliphatic rings. The van der Waals surface area contributed by atoms with Gasteiger partial charge in [0.25, 0.3) is 0 Å². The van der Waals surface area contributed by atoms with Gasteiger partial charge in [0.05, 0.1) is 12.3 Å². The van der Waals surface area contributed by atoms with Gasteiger partial charge in [0, 0.05) is 29.7 Å². The van der Waals surface area contributed by atoms with Gasteiger partial charge in [-0.15, -0.1) is 0 Å². The Labute approximate surface area is 123 Å². The Morgan fingerprint density at radius 3 is 3.14 bits per heavy atom. The fourth-order valence-electron chi connectivity index (χ4n) is 4.71. The van der Waals surface area contributed by atoms with Gasteiger partial charge in [0.15, 0.2) is 5.60 Å². The van der Waals surface area contributed by atoms with Crippen LogP contribution in [0.4, 0.5) is 0 Å². The SMILES string of the molecule is O=C1C=C2C(c3ccco3)=C[C@@H]3C[C@@]2(O1)[C@H]1CCCCN31. The lowest BCUT2D eigenvalue weighted by atomic mass is 9.76. The first-order valence-electron chi connectivity index (χ1n) is 7.75. The maximum absolute atomic E-state index is 12.0. The summed E-state index contributed by atoms with van der Waals surface area (Å²) in [4.78, 5) is 14.5. The van der Waals surface area contributed by atoms with Gasteiger partial charge in [-0.05, 0) is 31.5 Å². The summed E-state index contributed by atoms with van der Waals surface area (Å²) >= 11 is 0. The van der Waals surface area contributed by atoms with E-state index >= 15 is 0 Å². The largest absolute Gasteiger partial charge is 0.464 e. The Hall–Kier alpha value is -1.81. The number of rotatable bonds is 1. The fraction of sp³-hybridized carbons (Fsp3) is 0.471. The first-order valence-corrected chi connectivity index (χ1v) is 7.75. The third-order valence-corrected chi connectivity index (χ3v) is 5.46. The number of ether oxygens (including phenoxy) is 1. The molecule has 1 aliphatic carbocycles. The predicted octanol–water partition coefficient (Wildman–Crippen LogP) is 2.53. The van der Waals surface area contributed by atoms with E-state index in [-0.39, 0.29) is 5.97 Å². The minimum atomic E-state index is -0.432. The van der Waals surface area contributed by atoms with E-state index in [0.29, 0.717) is 12.1 Å². The van der Waals surface area contributed by atoms with Crippen LogP contribution < -0.4 is 0 Å². The molecule has 1 aromatic rings. The Kier molecular flexibility index (Phi) is 2.19. The van der Waals surface area contributed by atoms with Gasteiger partial charge in [-0.1, -0.05) is 12.5 Å². The Bertz CT molecular complexity index is 672. The second kappa shape index (κ2) is 3.89. The molecule has 4 heteroatoms. The molecular formula is C17H17NO3. The molecule has 1 spiro atoms. The molecule has 2 bridgehead atoms. The van der Waals surface area contributed by atoms with Crippen molar-refractivity contribution in [3.63, 3.8) is 0 Å². The van der Waals surface area contributed by atoms with Crippen molar-refractivity contribution in [2.45, 2.75) is 43.4 Å². The summed E-state index contributed by atoms with van der Waals surface area (Å²) in [5, 5.41) is 0. The predicted molar refractivity (Wildman–Crippen MR) is 76.3 cm³/mol.